The van der Waals surface area contributed by atoms with E-state index in [9.17, 15) is 4.79 Å². The summed E-state index contributed by atoms with van der Waals surface area (Å²) < 4.78 is 7.44. The van der Waals surface area contributed by atoms with Crippen molar-refractivity contribution in [3.63, 3.8) is 0 Å². The maximum absolute atomic E-state index is 13.0. The Morgan fingerprint density at radius 3 is 2.55 bits per heavy atom. The second kappa shape index (κ2) is 10.8. The van der Waals surface area contributed by atoms with E-state index in [-0.39, 0.29) is 17.7 Å². The first kappa shape index (κ1) is 22.6. The molecule has 162 valence electrons. The fourth-order valence-corrected chi connectivity index (χ4v) is 4.10. The number of carbonyl (C=O) groups excluding carboxylic acids is 1. The van der Waals surface area contributed by atoms with Gasteiger partial charge in [-0.25, -0.2) is 0 Å². The molecule has 0 spiro atoms. The first-order valence-electron chi connectivity index (χ1n) is 10.2. The van der Waals surface area contributed by atoms with E-state index in [2.05, 4.69) is 16.8 Å². The van der Waals surface area contributed by atoms with Crippen molar-refractivity contribution in [2.75, 3.05) is 12.9 Å². The topological polar surface area (TPSA) is 60.2 Å². The summed E-state index contributed by atoms with van der Waals surface area (Å²) in [6, 6.07) is 17.8. The van der Waals surface area contributed by atoms with Gasteiger partial charge in [0.05, 0.1) is 18.4 Å². The number of hydrogen-bond donors (Lipinski definition) is 0. The van der Waals surface area contributed by atoms with Crippen LogP contribution in [0.3, 0.4) is 0 Å². The normalized spacial score (nSPS) is 10.8. The third-order valence-electron chi connectivity index (χ3n) is 4.84. The molecule has 3 aromatic rings. The number of thioether (sulfide) groups is 1. The molecule has 6 nitrogen and oxygen atoms in total. The van der Waals surface area contributed by atoms with Crippen molar-refractivity contribution in [1.82, 2.24) is 19.7 Å². The summed E-state index contributed by atoms with van der Waals surface area (Å²) in [6.07, 6.45) is 1.80. The zero-order chi connectivity index (χ0) is 22.2. The first-order chi connectivity index (χ1) is 15.0. The smallest absolute Gasteiger partial charge is 0.233 e. The van der Waals surface area contributed by atoms with Crippen LogP contribution in [0.25, 0.3) is 11.4 Å². The van der Waals surface area contributed by atoms with Gasteiger partial charge in [-0.3, -0.25) is 9.36 Å². The van der Waals surface area contributed by atoms with Crippen molar-refractivity contribution in [2.45, 2.75) is 38.1 Å². The van der Waals surface area contributed by atoms with Gasteiger partial charge in [0, 0.05) is 19.1 Å². The van der Waals surface area contributed by atoms with E-state index >= 15 is 0 Å². The monoisotopic (exact) mass is 436 g/mol. The molecular formula is C24H28N4O2S. The molecule has 0 radical (unpaired) electrons. The maximum Gasteiger partial charge on any atom is 0.233 e. The van der Waals surface area contributed by atoms with E-state index in [1.165, 1.54) is 11.8 Å². The number of methoxy groups -OCH3 is 1. The highest BCUT2D eigenvalue weighted by Gasteiger charge is 2.21. The van der Waals surface area contributed by atoms with Crippen LogP contribution in [-0.2, 0) is 17.9 Å². The zero-order valence-corrected chi connectivity index (χ0v) is 19.0. The van der Waals surface area contributed by atoms with Gasteiger partial charge in [-0.15, -0.1) is 16.8 Å². The molecule has 31 heavy (non-hydrogen) atoms. The molecule has 0 aliphatic rings. The van der Waals surface area contributed by atoms with Crippen LogP contribution < -0.4 is 4.74 Å². The van der Waals surface area contributed by atoms with E-state index in [0.717, 1.165) is 16.9 Å². The molecule has 0 N–H and O–H groups in total. The van der Waals surface area contributed by atoms with Crippen molar-refractivity contribution >= 4 is 17.7 Å². The Morgan fingerprint density at radius 2 is 1.87 bits per heavy atom. The van der Waals surface area contributed by atoms with Crippen LogP contribution in [0.2, 0.25) is 0 Å². The molecule has 1 heterocycles. The van der Waals surface area contributed by atoms with Crippen molar-refractivity contribution < 1.29 is 9.53 Å². The fraction of sp³-hybridized carbons (Fsp3) is 0.292. The van der Waals surface area contributed by atoms with E-state index in [0.29, 0.717) is 24.1 Å². The molecule has 0 saturated heterocycles. The van der Waals surface area contributed by atoms with Crippen molar-refractivity contribution in [1.29, 1.82) is 0 Å². The molecule has 0 unspecified atom stereocenters. The van der Waals surface area contributed by atoms with Gasteiger partial charge in [0.15, 0.2) is 11.0 Å². The van der Waals surface area contributed by atoms with Crippen molar-refractivity contribution in [3.05, 3.63) is 72.8 Å². The summed E-state index contributed by atoms with van der Waals surface area (Å²) in [5.41, 5.74) is 1.97. The Kier molecular flexibility index (Phi) is 7.89. The van der Waals surface area contributed by atoms with Crippen LogP contribution in [0.4, 0.5) is 0 Å². The summed E-state index contributed by atoms with van der Waals surface area (Å²) in [5, 5.41) is 9.41. The molecule has 0 bridgehead atoms. The molecule has 0 fully saturated rings. The number of hydrogen-bond acceptors (Lipinski definition) is 5. The SMILES string of the molecule is C=CCn1c(SCC(=O)N(Cc2ccccc2)C(C)C)nnc1-c1ccccc1OC. The Bertz CT molecular complexity index is 1020. The third-order valence-corrected chi connectivity index (χ3v) is 5.79. The van der Waals surface area contributed by atoms with Crippen LogP contribution in [0.5, 0.6) is 5.75 Å². The Hall–Kier alpha value is -3.06. The van der Waals surface area contributed by atoms with Crippen molar-refractivity contribution in [2.24, 2.45) is 0 Å². The van der Waals surface area contributed by atoms with Gasteiger partial charge >= 0.3 is 0 Å². The van der Waals surface area contributed by atoms with Crippen LogP contribution in [0, 0.1) is 0 Å². The minimum Gasteiger partial charge on any atom is -0.496 e. The average molecular weight is 437 g/mol. The number of nitrogens with zero attached hydrogens (tertiary/aromatic N) is 4. The lowest BCUT2D eigenvalue weighted by Gasteiger charge is -2.26. The molecule has 2 aromatic carbocycles. The average Bonchev–Trinajstić information content (AvgIpc) is 3.18. The van der Waals surface area contributed by atoms with Gasteiger partial charge in [0.25, 0.3) is 0 Å². The Labute approximate surface area is 187 Å². The number of para-hydroxylation sites is 1. The molecule has 0 aliphatic heterocycles. The molecule has 1 aromatic heterocycles. The predicted molar refractivity (Wildman–Crippen MR) is 125 cm³/mol. The van der Waals surface area contributed by atoms with E-state index < -0.39 is 0 Å². The van der Waals surface area contributed by atoms with Crippen LogP contribution in [-0.4, -0.2) is 44.5 Å². The molecule has 1 amide bonds. The molecule has 0 aliphatic carbocycles. The standard InChI is InChI=1S/C24H28N4O2S/c1-5-15-27-23(20-13-9-10-14-21(20)30-4)25-26-24(27)31-17-22(29)28(18(2)3)16-19-11-7-6-8-12-19/h5-14,18H,1,15-17H2,2-4H3. The largest absolute Gasteiger partial charge is 0.496 e. The Morgan fingerprint density at radius 1 is 1.16 bits per heavy atom. The van der Waals surface area contributed by atoms with Gasteiger partial charge in [0.2, 0.25) is 5.91 Å². The second-order valence-electron chi connectivity index (χ2n) is 7.30. The van der Waals surface area contributed by atoms with Crippen LogP contribution in [0.15, 0.2) is 72.4 Å². The van der Waals surface area contributed by atoms with E-state index in [4.69, 9.17) is 4.74 Å². The van der Waals surface area contributed by atoms with E-state index in [1.807, 2.05) is 77.9 Å². The number of rotatable bonds is 10. The fourth-order valence-electron chi connectivity index (χ4n) is 3.27. The second-order valence-corrected chi connectivity index (χ2v) is 8.24. The molecule has 3 rings (SSSR count). The molecule has 7 heteroatoms. The minimum atomic E-state index is 0.0656. The highest BCUT2D eigenvalue weighted by molar-refractivity contribution is 7.99. The summed E-state index contributed by atoms with van der Waals surface area (Å²) in [4.78, 5) is 14.9. The van der Waals surface area contributed by atoms with Crippen LogP contribution >= 0.6 is 11.8 Å². The number of benzene rings is 2. The number of aromatic nitrogens is 3. The summed E-state index contributed by atoms with van der Waals surface area (Å²) in [5.74, 6) is 1.77. The van der Waals surface area contributed by atoms with Crippen LogP contribution in [0.1, 0.15) is 19.4 Å². The minimum absolute atomic E-state index is 0.0656. The first-order valence-corrected chi connectivity index (χ1v) is 11.2. The Balaban J connectivity index is 1.78. The van der Waals surface area contributed by atoms with Gasteiger partial charge < -0.3 is 9.64 Å². The van der Waals surface area contributed by atoms with Gasteiger partial charge in [-0.05, 0) is 31.5 Å². The van der Waals surface area contributed by atoms with Gasteiger partial charge in [-0.1, -0.05) is 60.3 Å². The highest BCUT2D eigenvalue weighted by Crippen LogP contribution is 2.31. The lowest BCUT2D eigenvalue weighted by Crippen LogP contribution is -2.37. The zero-order valence-electron chi connectivity index (χ0n) is 18.2. The quantitative estimate of drug-likeness (QED) is 0.341. The lowest BCUT2D eigenvalue weighted by atomic mass is 10.2. The predicted octanol–water partition coefficient (Wildman–Crippen LogP) is 4.67. The summed E-state index contributed by atoms with van der Waals surface area (Å²) in [6.45, 7) is 9.05. The number of amides is 1. The molecular weight excluding hydrogens is 408 g/mol. The highest BCUT2D eigenvalue weighted by atomic mass is 32.2. The lowest BCUT2D eigenvalue weighted by molar-refractivity contribution is -0.130. The maximum atomic E-state index is 13.0. The summed E-state index contributed by atoms with van der Waals surface area (Å²) >= 11 is 1.39. The van der Waals surface area contributed by atoms with Gasteiger partial charge in [-0.2, -0.15) is 0 Å². The third kappa shape index (κ3) is 5.55. The van der Waals surface area contributed by atoms with E-state index in [1.54, 1.807) is 13.2 Å². The molecule has 0 atom stereocenters. The molecule has 0 saturated carbocycles. The summed E-state index contributed by atoms with van der Waals surface area (Å²) in [7, 11) is 1.63. The number of carbonyl (C=O) groups is 1. The number of ether oxygens (including phenoxy) is 1. The number of allylic oxidation sites excluding steroid dienone is 1. The van der Waals surface area contributed by atoms with Crippen molar-refractivity contribution in [3.8, 4) is 17.1 Å². The van der Waals surface area contributed by atoms with Gasteiger partial charge in [0.1, 0.15) is 5.75 Å².